The second-order valence-corrected chi connectivity index (χ2v) is 11.6. The van der Waals surface area contributed by atoms with Gasteiger partial charge in [0.1, 0.15) is 12.2 Å². The Morgan fingerprint density at radius 2 is 1.57 bits per heavy atom. The number of ether oxygens (including phenoxy) is 3. The van der Waals surface area contributed by atoms with Crippen molar-refractivity contribution in [2.24, 2.45) is 16.1 Å². The molecule has 1 heterocycles. The lowest BCUT2D eigenvalue weighted by Gasteiger charge is -2.20. The summed E-state index contributed by atoms with van der Waals surface area (Å²) in [5, 5.41) is 10.6. The van der Waals surface area contributed by atoms with Crippen molar-refractivity contribution in [2.45, 2.75) is 77.0 Å². The SMILES string of the molecule is CC1(CCOC(=O)[C@H](CCCCNC(=O)OC(C)(C)C)CC(=O)OCC2c3ccccc3-c3ccccc32)N=N1. The molecule has 4 rings (SSSR count). The Labute approximate surface area is 235 Å². The number of benzene rings is 2. The van der Waals surface area contributed by atoms with Crippen molar-refractivity contribution >= 4 is 18.0 Å². The van der Waals surface area contributed by atoms with Crippen molar-refractivity contribution in [3.8, 4) is 11.1 Å². The smallest absolute Gasteiger partial charge is 0.407 e. The zero-order valence-corrected chi connectivity index (χ0v) is 23.8. The largest absolute Gasteiger partial charge is 0.465 e. The van der Waals surface area contributed by atoms with Crippen molar-refractivity contribution in [3.05, 3.63) is 59.7 Å². The summed E-state index contributed by atoms with van der Waals surface area (Å²) in [6, 6.07) is 16.3. The van der Waals surface area contributed by atoms with E-state index in [0.717, 1.165) is 22.3 Å². The Bertz CT molecular complexity index is 1200. The number of nitrogens with one attached hydrogen (secondary N) is 1. The number of amides is 1. The molecular formula is C31H39N3O6. The van der Waals surface area contributed by atoms with E-state index in [1.165, 1.54) is 0 Å². The van der Waals surface area contributed by atoms with E-state index in [9.17, 15) is 14.4 Å². The predicted octanol–water partition coefficient (Wildman–Crippen LogP) is 6.16. The Morgan fingerprint density at radius 1 is 0.950 bits per heavy atom. The van der Waals surface area contributed by atoms with E-state index in [1.54, 1.807) is 20.8 Å². The van der Waals surface area contributed by atoms with Gasteiger partial charge in [-0.05, 0) is 62.8 Å². The molecule has 1 aliphatic heterocycles. The first-order valence-corrected chi connectivity index (χ1v) is 14.0. The Balaban J connectivity index is 1.29. The maximum atomic E-state index is 13.0. The van der Waals surface area contributed by atoms with Crippen molar-refractivity contribution < 1.29 is 28.6 Å². The van der Waals surface area contributed by atoms with Gasteiger partial charge in [-0.15, -0.1) is 0 Å². The first-order valence-electron chi connectivity index (χ1n) is 14.0. The van der Waals surface area contributed by atoms with Crippen LogP contribution in [0.4, 0.5) is 4.79 Å². The number of hydrogen-bond acceptors (Lipinski definition) is 8. The van der Waals surface area contributed by atoms with E-state index >= 15 is 0 Å². The Hall–Kier alpha value is -3.75. The number of fused-ring (bicyclic) bond motifs is 3. The normalized spacial score (nSPS) is 15.5. The topological polar surface area (TPSA) is 116 Å². The summed E-state index contributed by atoms with van der Waals surface area (Å²) in [6.45, 7) is 8.07. The summed E-state index contributed by atoms with van der Waals surface area (Å²) in [5.41, 5.74) is 3.55. The molecule has 1 atom stereocenters. The third-order valence-electron chi connectivity index (χ3n) is 7.03. The van der Waals surface area contributed by atoms with Crippen LogP contribution in [0.1, 0.15) is 76.8 Å². The van der Waals surface area contributed by atoms with E-state index in [1.807, 2.05) is 31.2 Å². The second kappa shape index (κ2) is 12.6. The van der Waals surface area contributed by atoms with Gasteiger partial charge in [-0.1, -0.05) is 55.0 Å². The van der Waals surface area contributed by atoms with Crippen LogP contribution in [-0.2, 0) is 23.8 Å². The molecule has 2 aromatic carbocycles. The van der Waals surface area contributed by atoms with Gasteiger partial charge < -0.3 is 19.5 Å². The number of unbranched alkanes of at least 4 members (excludes halogenated alkanes) is 1. The second-order valence-electron chi connectivity index (χ2n) is 11.6. The molecule has 40 heavy (non-hydrogen) atoms. The first-order chi connectivity index (χ1) is 19.0. The molecule has 0 saturated heterocycles. The fourth-order valence-corrected chi connectivity index (χ4v) is 4.85. The number of nitrogens with zero attached hydrogens (tertiary/aromatic N) is 2. The summed E-state index contributed by atoms with van der Waals surface area (Å²) >= 11 is 0. The van der Waals surface area contributed by atoms with Crippen molar-refractivity contribution in [2.75, 3.05) is 19.8 Å². The number of hydrogen-bond donors (Lipinski definition) is 1. The number of carbonyl (C=O) groups is 3. The summed E-state index contributed by atoms with van der Waals surface area (Å²) in [6.07, 6.45) is 1.64. The Morgan fingerprint density at radius 3 is 2.17 bits per heavy atom. The molecule has 0 saturated carbocycles. The van der Waals surface area contributed by atoms with Gasteiger partial charge in [0.25, 0.3) is 0 Å². The molecule has 9 heteroatoms. The van der Waals surface area contributed by atoms with Crippen molar-refractivity contribution in [3.63, 3.8) is 0 Å². The van der Waals surface area contributed by atoms with Crippen LogP contribution in [0.5, 0.6) is 0 Å². The van der Waals surface area contributed by atoms with Crippen LogP contribution in [0.2, 0.25) is 0 Å². The quantitative estimate of drug-likeness (QED) is 0.182. The highest BCUT2D eigenvalue weighted by Gasteiger charge is 2.34. The molecule has 1 aliphatic carbocycles. The van der Waals surface area contributed by atoms with Crippen molar-refractivity contribution in [1.82, 2.24) is 5.32 Å². The van der Waals surface area contributed by atoms with Gasteiger partial charge in [-0.25, -0.2) is 4.79 Å². The van der Waals surface area contributed by atoms with Crippen molar-refractivity contribution in [1.29, 1.82) is 0 Å². The highest BCUT2D eigenvalue weighted by atomic mass is 16.6. The lowest BCUT2D eigenvalue weighted by Crippen LogP contribution is -2.33. The van der Waals surface area contributed by atoms with Crippen LogP contribution < -0.4 is 5.32 Å². The predicted molar refractivity (Wildman–Crippen MR) is 150 cm³/mol. The highest BCUT2D eigenvalue weighted by molar-refractivity contribution is 5.81. The van der Waals surface area contributed by atoms with Gasteiger partial charge in [0.2, 0.25) is 0 Å². The molecule has 1 amide bonds. The van der Waals surface area contributed by atoms with Crippen LogP contribution in [-0.4, -0.2) is 49.1 Å². The first kappa shape index (κ1) is 29.2. The fourth-order valence-electron chi connectivity index (χ4n) is 4.85. The van der Waals surface area contributed by atoms with Gasteiger partial charge >= 0.3 is 18.0 Å². The molecule has 0 unspecified atom stereocenters. The number of carbonyl (C=O) groups excluding carboxylic acids is 3. The number of alkyl carbamates (subject to hydrolysis) is 1. The van der Waals surface area contributed by atoms with Crippen LogP contribution in [0.15, 0.2) is 58.8 Å². The summed E-state index contributed by atoms with van der Waals surface area (Å²) in [7, 11) is 0. The number of esters is 2. The average molecular weight is 550 g/mol. The van der Waals surface area contributed by atoms with E-state index < -0.39 is 35.2 Å². The van der Waals surface area contributed by atoms with Gasteiger partial charge in [-0.2, -0.15) is 10.2 Å². The molecule has 2 aromatic rings. The van der Waals surface area contributed by atoms with Gasteiger partial charge in [0, 0.05) is 18.9 Å². The molecule has 0 spiro atoms. The molecule has 0 radical (unpaired) electrons. The fraction of sp³-hybridized carbons (Fsp3) is 0.516. The minimum absolute atomic E-state index is 0.0486. The lowest BCUT2D eigenvalue weighted by molar-refractivity contribution is -0.155. The minimum atomic E-state index is -0.641. The molecule has 214 valence electrons. The number of rotatable bonds is 13. The molecule has 9 nitrogen and oxygen atoms in total. The van der Waals surface area contributed by atoms with E-state index in [0.29, 0.717) is 32.2 Å². The summed E-state index contributed by atoms with van der Waals surface area (Å²) < 4.78 is 16.5. The van der Waals surface area contributed by atoms with Crippen LogP contribution in [0.3, 0.4) is 0 Å². The van der Waals surface area contributed by atoms with Crippen LogP contribution in [0, 0.1) is 5.92 Å². The maximum absolute atomic E-state index is 13.0. The third kappa shape index (κ3) is 8.13. The molecule has 1 N–H and O–H groups in total. The lowest BCUT2D eigenvalue weighted by atomic mass is 9.97. The molecule has 0 fully saturated rings. The standard InChI is InChI=1S/C31H39N3O6/c1-30(2,3)40-29(37)32-17-10-9-11-21(28(36)38-18-16-31(4)33-34-31)19-27(35)39-20-26-24-14-7-5-12-22(24)23-13-6-8-15-25(23)26/h5-8,12-15,21,26H,9-11,16-20H2,1-4H3,(H,32,37)/t21-/m1/s1. The molecule has 0 bridgehead atoms. The highest BCUT2D eigenvalue weighted by Crippen LogP contribution is 2.44. The van der Waals surface area contributed by atoms with E-state index in [4.69, 9.17) is 14.2 Å². The van der Waals surface area contributed by atoms with Gasteiger partial charge in [0.15, 0.2) is 5.66 Å². The monoisotopic (exact) mass is 549 g/mol. The summed E-state index contributed by atoms with van der Waals surface area (Å²) in [4.78, 5) is 37.7. The Kier molecular flexibility index (Phi) is 9.22. The summed E-state index contributed by atoms with van der Waals surface area (Å²) in [5.74, 6) is -1.56. The van der Waals surface area contributed by atoms with Crippen LogP contribution in [0.25, 0.3) is 11.1 Å². The minimum Gasteiger partial charge on any atom is -0.465 e. The van der Waals surface area contributed by atoms with Crippen LogP contribution >= 0.6 is 0 Å². The van der Waals surface area contributed by atoms with Gasteiger partial charge in [0.05, 0.1) is 18.9 Å². The zero-order valence-electron chi connectivity index (χ0n) is 23.8. The average Bonchev–Trinajstić information content (AvgIpc) is 3.55. The zero-order chi connectivity index (χ0) is 28.8. The third-order valence-corrected chi connectivity index (χ3v) is 7.03. The van der Waals surface area contributed by atoms with Gasteiger partial charge in [-0.3, -0.25) is 9.59 Å². The molecule has 0 aromatic heterocycles. The maximum Gasteiger partial charge on any atom is 0.407 e. The van der Waals surface area contributed by atoms with E-state index in [-0.39, 0.29) is 25.6 Å². The molecular weight excluding hydrogens is 510 g/mol. The molecule has 2 aliphatic rings. The van der Waals surface area contributed by atoms with E-state index in [2.05, 4.69) is 39.8 Å².